The second kappa shape index (κ2) is 7.46. The van der Waals surface area contributed by atoms with E-state index in [0.29, 0.717) is 12.5 Å². The van der Waals surface area contributed by atoms with Crippen LogP contribution in [0.25, 0.3) is 0 Å². The fourth-order valence-corrected chi connectivity index (χ4v) is 3.15. The number of rotatable bonds is 6. The molecule has 0 spiro atoms. The Morgan fingerprint density at radius 3 is 2.57 bits per heavy atom. The van der Waals surface area contributed by atoms with Gasteiger partial charge in [0.1, 0.15) is 0 Å². The van der Waals surface area contributed by atoms with Gasteiger partial charge in [-0.05, 0) is 37.4 Å². The SMILES string of the molecule is CN(CCN(C)c1ccccc1)C(=O)[C@@H]1CCC[C@@H]1CN. The Bertz CT molecular complexity index is 449. The Labute approximate surface area is 127 Å². The van der Waals surface area contributed by atoms with Crippen LogP contribution < -0.4 is 10.6 Å². The van der Waals surface area contributed by atoms with E-state index in [2.05, 4.69) is 24.1 Å². The summed E-state index contributed by atoms with van der Waals surface area (Å²) >= 11 is 0. The molecule has 1 fully saturated rings. The number of amides is 1. The highest BCUT2D eigenvalue weighted by atomic mass is 16.2. The molecule has 0 unspecified atom stereocenters. The van der Waals surface area contributed by atoms with Crippen molar-refractivity contribution in [2.24, 2.45) is 17.6 Å². The van der Waals surface area contributed by atoms with Gasteiger partial charge in [-0.1, -0.05) is 24.6 Å². The van der Waals surface area contributed by atoms with Crippen LogP contribution in [0.15, 0.2) is 30.3 Å². The van der Waals surface area contributed by atoms with Gasteiger partial charge in [0.15, 0.2) is 0 Å². The van der Waals surface area contributed by atoms with Crippen molar-refractivity contribution in [3.05, 3.63) is 30.3 Å². The molecule has 0 aliphatic heterocycles. The molecule has 1 aromatic rings. The highest BCUT2D eigenvalue weighted by Gasteiger charge is 2.33. The molecule has 0 heterocycles. The van der Waals surface area contributed by atoms with Gasteiger partial charge in [-0.2, -0.15) is 0 Å². The number of para-hydroxylation sites is 1. The molecule has 1 aliphatic carbocycles. The monoisotopic (exact) mass is 289 g/mol. The summed E-state index contributed by atoms with van der Waals surface area (Å²) in [6, 6.07) is 10.3. The van der Waals surface area contributed by atoms with Gasteiger partial charge in [0.2, 0.25) is 5.91 Å². The standard InChI is InChI=1S/C17H27N3O/c1-19(15-8-4-3-5-9-15)11-12-20(2)17(21)16-10-6-7-14(16)13-18/h3-5,8-9,14,16H,6-7,10-13,18H2,1-2H3/t14-,16-/m1/s1. The highest BCUT2D eigenvalue weighted by Crippen LogP contribution is 2.32. The second-order valence-electron chi connectivity index (χ2n) is 6.05. The summed E-state index contributed by atoms with van der Waals surface area (Å²) in [6.07, 6.45) is 3.24. The fraction of sp³-hybridized carbons (Fsp3) is 0.588. The molecule has 2 N–H and O–H groups in total. The molecule has 0 aromatic heterocycles. The summed E-state index contributed by atoms with van der Waals surface area (Å²) < 4.78 is 0. The Morgan fingerprint density at radius 2 is 1.90 bits per heavy atom. The number of nitrogens with two attached hydrogens (primary N) is 1. The van der Waals surface area contributed by atoms with E-state index in [4.69, 9.17) is 5.73 Å². The summed E-state index contributed by atoms with van der Waals surface area (Å²) in [5.41, 5.74) is 6.96. The molecule has 4 heteroatoms. The third kappa shape index (κ3) is 3.97. The molecule has 116 valence electrons. The van der Waals surface area contributed by atoms with Crippen molar-refractivity contribution in [2.75, 3.05) is 38.6 Å². The first-order valence-electron chi connectivity index (χ1n) is 7.84. The normalized spacial score (nSPS) is 21.3. The summed E-state index contributed by atoms with van der Waals surface area (Å²) in [5.74, 6) is 0.790. The molecule has 2 atom stereocenters. The number of carbonyl (C=O) groups is 1. The van der Waals surface area contributed by atoms with Crippen LogP contribution in [-0.2, 0) is 4.79 Å². The Hall–Kier alpha value is -1.55. The number of hydrogen-bond donors (Lipinski definition) is 1. The van der Waals surface area contributed by atoms with Crippen molar-refractivity contribution in [2.45, 2.75) is 19.3 Å². The van der Waals surface area contributed by atoms with Crippen molar-refractivity contribution >= 4 is 11.6 Å². The van der Waals surface area contributed by atoms with Crippen molar-refractivity contribution in [1.29, 1.82) is 0 Å². The second-order valence-corrected chi connectivity index (χ2v) is 6.05. The first kappa shape index (κ1) is 15.8. The van der Waals surface area contributed by atoms with E-state index < -0.39 is 0 Å². The van der Waals surface area contributed by atoms with Crippen LogP contribution >= 0.6 is 0 Å². The largest absolute Gasteiger partial charge is 0.373 e. The average Bonchev–Trinajstić information content (AvgIpc) is 3.00. The summed E-state index contributed by atoms with van der Waals surface area (Å²) in [5, 5.41) is 0. The molecule has 1 amide bonds. The zero-order chi connectivity index (χ0) is 15.2. The maximum Gasteiger partial charge on any atom is 0.225 e. The van der Waals surface area contributed by atoms with Crippen LogP contribution in [-0.4, -0.2) is 44.5 Å². The number of nitrogens with zero attached hydrogens (tertiary/aromatic N) is 2. The number of hydrogen-bond acceptors (Lipinski definition) is 3. The molecule has 2 rings (SSSR count). The molecule has 1 aliphatic rings. The minimum Gasteiger partial charge on any atom is -0.373 e. The van der Waals surface area contributed by atoms with Crippen LogP contribution in [0, 0.1) is 11.8 Å². The lowest BCUT2D eigenvalue weighted by Crippen LogP contribution is -2.40. The van der Waals surface area contributed by atoms with E-state index >= 15 is 0 Å². The summed E-state index contributed by atoms with van der Waals surface area (Å²) in [6.45, 7) is 2.22. The molecule has 4 nitrogen and oxygen atoms in total. The zero-order valence-electron chi connectivity index (χ0n) is 13.2. The molecular weight excluding hydrogens is 262 g/mol. The minimum absolute atomic E-state index is 0.141. The van der Waals surface area contributed by atoms with Crippen molar-refractivity contribution < 1.29 is 4.79 Å². The van der Waals surface area contributed by atoms with E-state index in [1.54, 1.807) is 0 Å². The summed E-state index contributed by atoms with van der Waals surface area (Å²) in [7, 11) is 3.97. The molecule has 21 heavy (non-hydrogen) atoms. The lowest BCUT2D eigenvalue weighted by molar-refractivity contribution is -0.135. The van der Waals surface area contributed by atoms with Crippen molar-refractivity contribution in [3.63, 3.8) is 0 Å². The lowest BCUT2D eigenvalue weighted by atomic mass is 9.95. The minimum atomic E-state index is 0.141. The van der Waals surface area contributed by atoms with Gasteiger partial charge in [0, 0.05) is 38.8 Å². The van der Waals surface area contributed by atoms with Gasteiger partial charge in [-0.3, -0.25) is 4.79 Å². The first-order valence-corrected chi connectivity index (χ1v) is 7.84. The topological polar surface area (TPSA) is 49.6 Å². The number of carbonyl (C=O) groups excluding carboxylic acids is 1. The molecule has 1 saturated carbocycles. The Balaban J connectivity index is 1.84. The fourth-order valence-electron chi connectivity index (χ4n) is 3.15. The van der Waals surface area contributed by atoms with Crippen LogP contribution in [0.3, 0.4) is 0 Å². The predicted octanol–water partition coefficient (Wildman–Crippen LogP) is 1.96. The van der Waals surface area contributed by atoms with Gasteiger partial charge >= 0.3 is 0 Å². The molecule has 0 radical (unpaired) electrons. The number of benzene rings is 1. The third-order valence-electron chi connectivity index (χ3n) is 4.62. The molecule has 1 aromatic carbocycles. The Kier molecular flexibility index (Phi) is 5.62. The third-order valence-corrected chi connectivity index (χ3v) is 4.62. The van der Waals surface area contributed by atoms with Crippen LogP contribution in [0.4, 0.5) is 5.69 Å². The van der Waals surface area contributed by atoms with E-state index in [1.165, 1.54) is 5.69 Å². The smallest absolute Gasteiger partial charge is 0.225 e. The van der Waals surface area contributed by atoms with Crippen molar-refractivity contribution in [3.8, 4) is 0 Å². The van der Waals surface area contributed by atoms with Gasteiger partial charge in [0.05, 0.1) is 0 Å². The first-order chi connectivity index (χ1) is 10.1. The Morgan fingerprint density at radius 1 is 1.19 bits per heavy atom. The van der Waals surface area contributed by atoms with E-state index in [0.717, 1.165) is 32.4 Å². The highest BCUT2D eigenvalue weighted by molar-refractivity contribution is 5.79. The van der Waals surface area contributed by atoms with E-state index in [1.807, 2.05) is 30.1 Å². The van der Waals surface area contributed by atoms with Gasteiger partial charge < -0.3 is 15.5 Å². The zero-order valence-corrected chi connectivity index (χ0v) is 13.2. The number of likely N-dealkylation sites (N-methyl/N-ethyl adjacent to an activating group) is 2. The van der Waals surface area contributed by atoms with Crippen LogP contribution in [0.1, 0.15) is 19.3 Å². The quantitative estimate of drug-likeness (QED) is 0.871. The van der Waals surface area contributed by atoms with Gasteiger partial charge in [0.25, 0.3) is 0 Å². The van der Waals surface area contributed by atoms with E-state index in [9.17, 15) is 4.79 Å². The lowest BCUT2D eigenvalue weighted by Gasteiger charge is -2.27. The average molecular weight is 289 g/mol. The van der Waals surface area contributed by atoms with Crippen LogP contribution in [0.5, 0.6) is 0 Å². The van der Waals surface area contributed by atoms with Crippen LogP contribution in [0.2, 0.25) is 0 Å². The van der Waals surface area contributed by atoms with E-state index in [-0.39, 0.29) is 11.8 Å². The number of anilines is 1. The molecule has 0 saturated heterocycles. The van der Waals surface area contributed by atoms with Gasteiger partial charge in [-0.15, -0.1) is 0 Å². The molecule has 0 bridgehead atoms. The maximum atomic E-state index is 12.5. The maximum absolute atomic E-state index is 12.5. The van der Waals surface area contributed by atoms with Gasteiger partial charge in [-0.25, -0.2) is 0 Å². The predicted molar refractivity (Wildman–Crippen MR) is 87.2 cm³/mol. The molecular formula is C17H27N3O. The summed E-state index contributed by atoms with van der Waals surface area (Å²) in [4.78, 5) is 16.6. The van der Waals surface area contributed by atoms with Crippen molar-refractivity contribution in [1.82, 2.24) is 4.90 Å².